The van der Waals surface area contributed by atoms with E-state index in [9.17, 15) is 4.79 Å². The summed E-state index contributed by atoms with van der Waals surface area (Å²) in [5, 5.41) is 12.3. The highest BCUT2D eigenvalue weighted by molar-refractivity contribution is 6.06. The minimum Gasteiger partial charge on any atom is -0.481 e. The van der Waals surface area contributed by atoms with Crippen LogP contribution in [0.1, 0.15) is 40.5 Å². The maximum absolute atomic E-state index is 13.3. The van der Waals surface area contributed by atoms with E-state index in [1.54, 1.807) is 18.0 Å². The Morgan fingerprint density at radius 1 is 1.40 bits per heavy atom. The van der Waals surface area contributed by atoms with E-state index in [0.717, 1.165) is 47.4 Å². The predicted molar refractivity (Wildman–Crippen MR) is 93.6 cm³/mol. The van der Waals surface area contributed by atoms with Crippen LogP contribution in [0.5, 0.6) is 5.88 Å². The number of hydrogen-bond acceptors (Lipinski definition) is 4. The van der Waals surface area contributed by atoms with Gasteiger partial charge in [-0.05, 0) is 31.9 Å². The minimum atomic E-state index is -0.0155. The highest BCUT2D eigenvalue weighted by Crippen LogP contribution is 2.39. The third kappa shape index (κ3) is 2.38. The number of likely N-dealkylation sites (tertiary alicyclic amines) is 1. The van der Waals surface area contributed by atoms with E-state index in [4.69, 9.17) is 4.74 Å². The number of methoxy groups -OCH3 is 1. The maximum atomic E-state index is 13.3. The van der Waals surface area contributed by atoms with Crippen molar-refractivity contribution in [3.63, 3.8) is 0 Å². The zero-order valence-corrected chi connectivity index (χ0v) is 14.6. The van der Waals surface area contributed by atoms with Crippen molar-refractivity contribution in [2.45, 2.75) is 25.8 Å². The van der Waals surface area contributed by atoms with Gasteiger partial charge >= 0.3 is 0 Å². The van der Waals surface area contributed by atoms with Crippen molar-refractivity contribution in [1.82, 2.24) is 24.9 Å². The Balaban J connectivity index is 1.75. The minimum absolute atomic E-state index is 0.0155. The van der Waals surface area contributed by atoms with Gasteiger partial charge in [-0.1, -0.05) is 6.07 Å². The van der Waals surface area contributed by atoms with Crippen molar-refractivity contribution in [2.75, 3.05) is 13.7 Å². The van der Waals surface area contributed by atoms with E-state index in [1.807, 2.05) is 37.1 Å². The van der Waals surface area contributed by atoms with E-state index < -0.39 is 0 Å². The van der Waals surface area contributed by atoms with Crippen LogP contribution >= 0.6 is 0 Å². The number of nitrogens with one attached hydrogen (secondary N) is 1. The predicted octanol–water partition coefficient (Wildman–Crippen LogP) is 2.59. The Labute approximate surface area is 145 Å². The Bertz CT molecular complexity index is 942. The molecule has 3 heterocycles. The zero-order chi connectivity index (χ0) is 17.6. The number of rotatable bonds is 3. The average molecular weight is 339 g/mol. The van der Waals surface area contributed by atoms with Crippen LogP contribution in [0.25, 0.3) is 10.9 Å². The summed E-state index contributed by atoms with van der Waals surface area (Å²) in [5.41, 5.74) is 3.47. The van der Waals surface area contributed by atoms with Crippen LogP contribution in [0.4, 0.5) is 0 Å². The number of carbonyl (C=O) groups is 1. The summed E-state index contributed by atoms with van der Waals surface area (Å²) in [7, 11) is 3.51. The Hall–Kier alpha value is -2.83. The molecule has 0 radical (unpaired) electrons. The molecule has 0 aliphatic carbocycles. The number of benzene rings is 1. The summed E-state index contributed by atoms with van der Waals surface area (Å²) < 4.78 is 7.29. The lowest BCUT2D eigenvalue weighted by molar-refractivity contribution is 0.0735. The first-order valence-electron chi connectivity index (χ1n) is 8.42. The van der Waals surface area contributed by atoms with Crippen LogP contribution in [-0.4, -0.2) is 44.4 Å². The molecule has 7 heteroatoms. The van der Waals surface area contributed by atoms with Crippen molar-refractivity contribution < 1.29 is 9.53 Å². The summed E-state index contributed by atoms with van der Waals surface area (Å²) in [6.45, 7) is 2.70. The fourth-order valence-corrected chi connectivity index (χ4v) is 3.90. The van der Waals surface area contributed by atoms with Gasteiger partial charge in [0.2, 0.25) is 5.88 Å². The monoisotopic (exact) mass is 339 g/mol. The quantitative estimate of drug-likeness (QED) is 0.796. The molecule has 4 rings (SSSR count). The molecule has 3 aromatic rings. The number of ether oxygens (including phenoxy) is 1. The topological polar surface area (TPSA) is 76.0 Å². The second kappa shape index (κ2) is 5.91. The van der Waals surface area contributed by atoms with Gasteiger partial charge in [-0.3, -0.25) is 9.89 Å². The molecule has 1 aliphatic rings. The van der Waals surface area contributed by atoms with Gasteiger partial charge in [-0.25, -0.2) is 4.68 Å². The number of aromatic amines is 1. The number of aryl methyl sites for hydroxylation is 2. The molecule has 1 aliphatic heterocycles. The SMILES string of the molecule is COc1c([C@@H]2CCCN2C(=O)c2cccc3[nH]ncc23)c(C)nn1C. The van der Waals surface area contributed by atoms with Gasteiger partial charge in [-0.2, -0.15) is 10.2 Å². The molecular formula is C18H21N5O2. The second-order valence-electron chi connectivity index (χ2n) is 6.43. The number of H-pyrrole nitrogens is 1. The average Bonchev–Trinajstić information content (AvgIpc) is 3.31. The molecular weight excluding hydrogens is 318 g/mol. The van der Waals surface area contributed by atoms with Gasteiger partial charge < -0.3 is 9.64 Å². The number of hydrogen-bond donors (Lipinski definition) is 1. The molecule has 25 heavy (non-hydrogen) atoms. The number of fused-ring (bicyclic) bond motifs is 1. The van der Waals surface area contributed by atoms with Gasteiger partial charge in [-0.15, -0.1) is 0 Å². The molecule has 1 saturated heterocycles. The van der Waals surface area contributed by atoms with Crippen molar-refractivity contribution in [3.05, 3.63) is 41.2 Å². The number of nitrogens with zero attached hydrogens (tertiary/aromatic N) is 4. The van der Waals surface area contributed by atoms with Gasteiger partial charge in [0.25, 0.3) is 5.91 Å². The summed E-state index contributed by atoms with van der Waals surface area (Å²) in [6, 6.07) is 5.66. The van der Waals surface area contributed by atoms with E-state index in [1.165, 1.54) is 0 Å². The molecule has 1 amide bonds. The molecule has 1 atom stereocenters. The van der Waals surface area contributed by atoms with E-state index in [-0.39, 0.29) is 11.9 Å². The van der Waals surface area contributed by atoms with Gasteiger partial charge in [0.15, 0.2) is 0 Å². The fraction of sp³-hybridized carbons (Fsp3) is 0.389. The van der Waals surface area contributed by atoms with Crippen LogP contribution in [0.2, 0.25) is 0 Å². The Morgan fingerprint density at radius 3 is 3.04 bits per heavy atom. The normalized spacial score (nSPS) is 17.4. The second-order valence-corrected chi connectivity index (χ2v) is 6.43. The summed E-state index contributed by atoms with van der Waals surface area (Å²) >= 11 is 0. The van der Waals surface area contributed by atoms with Crippen molar-refractivity contribution in [1.29, 1.82) is 0 Å². The summed E-state index contributed by atoms with van der Waals surface area (Å²) in [6.07, 6.45) is 3.59. The molecule has 130 valence electrons. The molecule has 0 saturated carbocycles. The Kier molecular flexibility index (Phi) is 3.71. The van der Waals surface area contributed by atoms with Crippen molar-refractivity contribution in [3.8, 4) is 5.88 Å². The van der Waals surface area contributed by atoms with Gasteiger partial charge in [0.05, 0.1) is 41.7 Å². The highest BCUT2D eigenvalue weighted by atomic mass is 16.5. The largest absolute Gasteiger partial charge is 0.481 e. The number of amides is 1. The first kappa shape index (κ1) is 15.7. The van der Waals surface area contributed by atoms with Crippen molar-refractivity contribution in [2.24, 2.45) is 7.05 Å². The molecule has 7 nitrogen and oxygen atoms in total. The summed E-state index contributed by atoms with van der Waals surface area (Å²) in [5.74, 6) is 0.753. The van der Waals surface area contributed by atoms with Gasteiger partial charge in [0.1, 0.15) is 0 Å². The molecule has 0 bridgehead atoms. The van der Waals surface area contributed by atoms with E-state index in [0.29, 0.717) is 5.56 Å². The standard InChI is InChI=1S/C18H21N5O2/c1-11-16(18(25-3)22(2)21-11)15-8-5-9-23(15)17(24)12-6-4-7-14-13(12)10-19-20-14/h4,6-7,10,15H,5,8-9H2,1-3H3,(H,19,20)/t15-/m0/s1. The van der Waals surface area contributed by atoms with Crippen LogP contribution in [-0.2, 0) is 7.05 Å². The molecule has 1 aromatic carbocycles. The molecule has 1 fully saturated rings. The van der Waals surface area contributed by atoms with Crippen molar-refractivity contribution >= 4 is 16.8 Å². The molecule has 0 unspecified atom stereocenters. The van der Waals surface area contributed by atoms with Gasteiger partial charge in [0, 0.05) is 19.0 Å². The van der Waals surface area contributed by atoms with Crippen LogP contribution in [0, 0.1) is 6.92 Å². The third-order valence-electron chi connectivity index (χ3n) is 4.97. The smallest absolute Gasteiger partial charge is 0.255 e. The van der Waals surface area contributed by atoms with Crippen LogP contribution in [0.15, 0.2) is 24.4 Å². The third-order valence-corrected chi connectivity index (χ3v) is 4.97. The zero-order valence-electron chi connectivity index (χ0n) is 14.6. The number of carbonyl (C=O) groups excluding carboxylic acids is 1. The lowest BCUT2D eigenvalue weighted by Gasteiger charge is -2.25. The maximum Gasteiger partial charge on any atom is 0.255 e. The van der Waals surface area contributed by atoms with E-state index >= 15 is 0 Å². The number of aromatic nitrogens is 4. The van der Waals surface area contributed by atoms with Crippen LogP contribution in [0.3, 0.4) is 0 Å². The summed E-state index contributed by atoms with van der Waals surface area (Å²) in [4.78, 5) is 15.2. The lowest BCUT2D eigenvalue weighted by atomic mass is 10.0. The van der Waals surface area contributed by atoms with E-state index in [2.05, 4.69) is 15.3 Å². The lowest BCUT2D eigenvalue weighted by Crippen LogP contribution is -2.31. The molecule has 1 N–H and O–H groups in total. The molecule has 2 aromatic heterocycles. The first-order valence-corrected chi connectivity index (χ1v) is 8.42. The fourth-order valence-electron chi connectivity index (χ4n) is 3.90. The first-order chi connectivity index (χ1) is 12.1. The van der Waals surface area contributed by atoms with Crippen LogP contribution < -0.4 is 4.74 Å². The highest BCUT2D eigenvalue weighted by Gasteiger charge is 2.35. The Morgan fingerprint density at radius 2 is 2.24 bits per heavy atom. The molecule has 0 spiro atoms.